The van der Waals surface area contributed by atoms with E-state index >= 15 is 0 Å². The van der Waals surface area contributed by atoms with E-state index in [4.69, 9.17) is 4.84 Å². The van der Waals surface area contributed by atoms with Crippen LogP contribution in [0.15, 0.2) is 12.1 Å². The van der Waals surface area contributed by atoms with Crippen LogP contribution in [0, 0.1) is 0 Å². The van der Waals surface area contributed by atoms with E-state index in [2.05, 4.69) is 16.0 Å². The first kappa shape index (κ1) is 34.1. The van der Waals surface area contributed by atoms with Gasteiger partial charge in [0, 0.05) is 37.9 Å². The monoisotopic (exact) mass is 566 g/mol. The Labute approximate surface area is 234 Å². The molecule has 13 heteroatoms. The van der Waals surface area contributed by atoms with Crippen LogP contribution in [-0.4, -0.2) is 68.8 Å². The average molecular weight is 567 g/mol. The van der Waals surface area contributed by atoms with Crippen LogP contribution >= 0.6 is 0 Å². The second-order valence-corrected chi connectivity index (χ2v) is 9.75. The zero-order valence-corrected chi connectivity index (χ0v) is 23.5. The van der Waals surface area contributed by atoms with Gasteiger partial charge in [-0.15, -0.1) is 4.73 Å². The Balaban J connectivity index is 2.17. The van der Waals surface area contributed by atoms with E-state index in [1.165, 1.54) is 32.9 Å². The quantitative estimate of drug-likeness (QED) is 0.147. The number of amides is 3. The number of carbonyl (C=O) groups is 6. The van der Waals surface area contributed by atoms with Gasteiger partial charge in [0.05, 0.1) is 12.1 Å². The molecule has 1 aromatic heterocycles. The third-order valence-electron chi connectivity index (χ3n) is 6.14. The molecule has 0 aliphatic carbocycles. The Morgan fingerprint density at radius 3 is 1.85 bits per heavy atom. The number of nitrogens with zero attached hydrogens (tertiary/aromatic N) is 1. The average Bonchev–Trinajstić information content (AvgIpc) is 3.19. The van der Waals surface area contributed by atoms with Gasteiger partial charge in [-0.1, -0.05) is 12.8 Å². The fourth-order valence-electron chi connectivity index (χ4n) is 3.80. The third-order valence-corrected chi connectivity index (χ3v) is 6.14. The molecular formula is C27H42N4O9. The van der Waals surface area contributed by atoms with Crippen molar-refractivity contribution in [2.75, 3.05) is 6.54 Å². The van der Waals surface area contributed by atoms with Crippen molar-refractivity contribution in [1.82, 2.24) is 20.7 Å². The molecule has 0 saturated heterocycles. The van der Waals surface area contributed by atoms with Gasteiger partial charge in [-0.05, 0) is 59.3 Å². The number of unbranched alkanes of at least 4 members (excludes halogenated alkanes) is 4. The van der Waals surface area contributed by atoms with Gasteiger partial charge in [-0.3, -0.25) is 14.4 Å². The Bertz CT molecular complexity index is 1000. The molecule has 2 atom stereocenters. The first-order valence-corrected chi connectivity index (χ1v) is 13.6. The molecular weight excluding hydrogens is 524 g/mol. The summed E-state index contributed by atoms with van der Waals surface area (Å²) >= 11 is 0. The van der Waals surface area contributed by atoms with Crippen LogP contribution in [0.1, 0.15) is 91.4 Å². The van der Waals surface area contributed by atoms with Gasteiger partial charge in [-0.2, -0.15) is 0 Å². The van der Waals surface area contributed by atoms with Crippen LogP contribution in [0.25, 0.3) is 0 Å². The second-order valence-electron chi connectivity index (χ2n) is 9.75. The smallest absolute Gasteiger partial charge is 0.333 e. The van der Waals surface area contributed by atoms with E-state index < -0.39 is 24.1 Å². The third kappa shape index (κ3) is 14.3. The zero-order chi connectivity index (χ0) is 30.1. The lowest BCUT2D eigenvalue weighted by atomic mass is 10.1. The van der Waals surface area contributed by atoms with Crippen LogP contribution < -0.4 is 20.8 Å². The minimum absolute atomic E-state index is 0.0864. The predicted molar refractivity (Wildman–Crippen MR) is 144 cm³/mol. The highest BCUT2D eigenvalue weighted by molar-refractivity contribution is 5.90. The minimum Gasteiger partial charge on any atom is -0.492 e. The topological polar surface area (TPSA) is 193 Å². The SMILES string of the molecule is CC(=O)CCC(NC(=O)NC(CCCCNC(=O)CCCCCCC(=O)On1c(O)ccc1O)C(C)=O)C(C)=O. The number of hydrogen-bond donors (Lipinski definition) is 5. The molecule has 40 heavy (non-hydrogen) atoms. The van der Waals surface area contributed by atoms with E-state index in [0.29, 0.717) is 56.2 Å². The van der Waals surface area contributed by atoms with E-state index in [9.17, 15) is 39.0 Å². The molecule has 1 aromatic rings. The molecule has 5 N–H and O–H groups in total. The first-order chi connectivity index (χ1) is 18.9. The van der Waals surface area contributed by atoms with E-state index in [-0.39, 0.29) is 54.3 Å². The van der Waals surface area contributed by atoms with E-state index in [1.807, 2.05) is 0 Å². The van der Waals surface area contributed by atoms with Crippen molar-refractivity contribution < 1.29 is 43.8 Å². The number of hydrogen-bond acceptors (Lipinski definition) is 9. The van der Waals surface area contributed by atoms with Gasteiger partial charge < -0.3 is 35.8 Å². The molecule has 0 spiro atoms. The molecule has 2 unspecified atom stereocenters. The second kappa shape index (κ2) is 18.4. The van der Waals surface area contributed by atoms with Crippen molar-refractivity contribution in [3.63, 3.8) is 0 Å². The molecule has 0 fully saturated rings. The lowest BCUT2D eigenvalue weighted by molar-refractivity contribution is -0.145. The van der Waals surface area contributed by atoms with Crippen LogP contribution in [0.2, 0.25) is 0 Å². The number of ketones is 3. The number of aromatic nitrogens is 1. The molecule has 1 rings (SSSR count). The first-order valence-electron chi connectivity index (χ1n) is 13.6. The largest absolute Gasteiger partial charge is 0.492 e. The maximum absolute atomic E-state index is 12.3. The minimum atomic E-state index is -0.802. The van der Waals surface area contributed by atoms with Crippen molar-refractivity contribution in [2.45, 2.75) is 103 Å². The van der Waals surface area contributed by atoms with Gasteiger partial charge in [0.25, 0.3) is 0 Å². The van der Waals surface area contributed by atoms with Crippen LogP contribution in [0.5, 0.6) is 11.8 Å². The number of nitrogens with one attached hydrogen (secondary N) is 3. The van der Waals surface area contributed by atoms with Crippen LogP contribution in [0.4, 0.5) is 4.79 Å². The number of urea groups is 1. The number of rotatable bonds is 20. The van der Waals surface area contributed by atoms with Gasteiger partial charge in [0.1, 0.15) is 5.78 Å². The molecule has 0 aromatic carbocycles. The highest BCUT2D eigenvalue weighted by Crippen LogP contribution is 2.19. The Morgan fingerprint density at radius 2 is 1.30 bits per heavy atom. The summed E-state index contributed by atoms with van der Waals surface area (Å²) < 4.78 is 0.644. The van der Waals surface area contributed by atoms with Crippen molar-refractivity contribution in [3.8, 4) is 11.8 Å². The summed E-state index contributed by atoms with van der Waals surface area (Å²) in [6.45, 7) is 4.53. The zero-order valence-electron chi connectivity index (χ0n) is 23.5. The molecule has 3 amide bonds. The summed E-state index contributed by atoms with van der Waals surface area (Å²) in [5.74, 6) is -2.03. The summed E-state index contributed by atoms with van der Waals surface area (Å²) in [6.07, 6.45) is 5.04. The molecule has 0 aliphatic heterocycles. The van der Waals surface area contributed by atoms with Gasteiger partial charge in [0.15, 0.2) is 11.6 Å². The number of Topliss-reactive ketones (excluding diaryl/α,β-unsaturated/α-hetero) is 3. The van der Waals surface area contributed by atoms with Crippen LogP contribution in [0.3, 0.4) is 0 Å². The lowest BCUT2D eigenvalue weighted by Crippen LogP contribution is -2.50. The highest BCUT2D eigenvalue weighted by atomic mass is 16.7. The standard InChI is InChI=1S/C27H42N4O9/c1-18(32)13-14-22(20(3)34)30-27(39)29-21(19(2)33)10-8-9-17-28-23(35)11-6-4-5-7-12-26(38)40-31-24(36)15-16-25(31)37/h15-16,21-22,36-37H,4-14,17H2,1-3H3,(H,28,35)(H2,29,30,39). The molecule has 0 saturated carbocycles. The summed E-state index contributed by atoms with van der Waals surface area (Å²) in [5, 5.41) is 26.8. The molecule has 0 aliphatic rings. The Kier molecular flexibility index (Phi) is 15.7. The fourth-order valence-corrected chi connectivity index (χ4v) is 3.80. The maximum atomic E-state index is 12.3. The summed E-state index contributed by atoms with van der Waals surface area (Å²) in [4.78, 5) is 75.8. The van der Waals surface area contributed by atoms with Crippen LogP contribution in [-0.2, 0) is 24.0 Å². The molecule has 0 bridgehead atoms. The van der Waals surface area contributed by atoms with E-state index in [1.54, 1.807) is 0 Å². The Morgan fingerprint density at radius 1 is 0.750 bits per heavy atom. The number of aromatic hydroxyl groups is 2. The van der Waals surface area contributed by atoms with Crippen molar-refractivity contribution in [1.29, 1.82) is 0 Å². The van der Waals surface area contributed by atoms with Crippen molar-refractivity contribution in [3.05, 3.63) is 12.1 Å². The molecule has 1 heterocycles. The molecule has 224 valence electrons. The van der Waals surface area contributed by atoms with E-state index in [0.717, 1.165) is 6.42 Å². The molecule has 13 nitrogen and oxygen atoms in total. The van der Waals surface area contributed by atoms with Gasteiger partial charge >= 0.3 is 12.0 Å². The summed E-state index contributed by atoms with van der Waals surface area (Å²) in [6, 6.07) is 0.220. The lowest BCUT2D eigenvalue weighted by Gasteiger charge is -2.20. The number of carbonyl (C=O) groups excluding carboxylic acids is 6. The Hall–Kier alpha value is -3.90. The molecule has 0 radical (unpaired) electrons. The fraction of sp³-hybridized carbons (Fsp3) is 0.630. The highest BCUT2D eigenvalue weighted by Gasteiger charge is 2.21. The van der Waals surface area contributed by atoms with Crippen molar-refractivity contribution >= 4 is 35.3 Å². The summed E-state index contributed by atoms with van der Waals surface area (Å²) in [7, 11) is 0. The normalized spacial score (nSPS) is 12.2. The van der Waals surface area contributed by atoms with Gasteiger partial charge in [0.2, 0.25) is 17.7 Å². The summed E-state index contributed by atoms with van der Waals surface area (Å²) in [5.41, 5.74) is 0. The van der Waals surface area contributed by atoms with Crippen molar-refractivity contribution in [2.24, 2.45) is 0 Å². The van der Waals surface area contributed by atoms with Gasteiger partial charge in [-0.25, -0.2) is 9.59 Å². The predicted octanol–water partition coefficient (Wildman–Crippen LogP) is 2.07. The maximum Gasteiger partial charge on any atom is 0.333 e.